The van der Waals surface area contributed by atoms with Gasteiger partial charge in [0.05, 0.1) is 6.54 Å². The lowest BCUT2D eigenvalue weighted by molar-refractivity contribution is -0.135. The van der Waals surface area contributed by atoms with E-state index in [1.807, 2.05) is 38.1 Å². The summed E-state index contributed by atoms with van der Waals surface area (Å²) in [6, 6.07) is 20.4. The Balaban J connectivity index is 1.53. The van der Waals surface area contributed by atoms with Gasteiger partial charge in [-0.2, -0.15) is 0 Å². The summed E-state index contributed by atoms with van der Waals surface area (Å²) in [6.45, 7) is 6.06. The maximum Gasteiger partial charge on any atom is 0.254 e. The Hall–Kier alpha value is -2.86. The van der Waals surface area contributed by atoms with Gasteiger partial charge >= 0.3 is 0 Å². The number of amides is 2. The molecule has 1 saturated carbocycles. The predicted molar refractivity (Wildman–Crippen MR) is 152 cm³/mol. The van der Waals surface area contributed by atoms with E-state index in [-0.39, 0.29) is 24.4 Å². The number of carbonyl (C=O) groups excluding carboxylic acids is 2. The molecule has 0 spiro atoms. The maximum absolute atomic E-state index is 13.9. The molecule has 2 aromatic carbocycles. The number of aryl methyl sites for hydroxylation is 1. The molecule has 2 amide bonds. The standard InChI is InChI=1S/C31H38BrN3O2/c1-3-19-34(31(37)26-15-11-24(2)12-16-26)23-30(36)35(28-8-5-4-6-9-28)22-29-10-7-20-33(29)21-25-13-17-27(32)18-14-25/h7,10-18,20,28H,3-6,8-9,19,21-23H2,1-2H3. The largest absolute Gasteiger partial charge is 0.345 e. The van der Waals surface area contributed by atoms with Gasteiger partial charge in [0.1, 0.15) is 6.54 Å². The van der Waals surface area contributed by atoms with Crippen molar-refractivity contribution in [2.75, 3.05) is 13.1 Å². The molecule has 1 aromatic heterocycles. The molecular formula is C31H38BrN3O2. The molecule has 0 aliphatic heterocycles. The molecule has 1 heterocycles. The molecule has 1 fully saturated rings. The van der Waals surface area contributed by atoms with Crippen LogP contribution in [0.25, 0.3) is 0 Å². The molecule has 0 saturated heterocycles. The summed E-state index contributed by atoms with van der Waals surface area (Å²) >= 11 is 3.51. The van der Waals surface area contributed by atoms with Gasteiger partial charge in [-0.3, -0.25) is 9.59 Å². The first-order valence-electron chi connectivity index (χ1n) is 13.5. The van der Waals surface area contributed by atoms with Crippen LogP contribution in [0.15, 0.2) is 71.3 Å². The number of halogens is 1. The van der Waals surface area contributed by atoms with Gasteiger partial charge in [0.15, 0.2) is 0 Å². The molecule has 5 nitrogen and oxygen atoms in total. The molecule has 1 aliphatic rings. The van der Waals surface area contributed by atoms with Gasteiger partial charge in [0.25, 0.3) is 5.91 Å². The summed E-state index contributed by atoms with van der Waals surface area (Å²) in [5.74, 6) is -0.0328. The fourth-order valence-corrected chi connectivity index (χ4v) is 5.44. The fourth-order valence-electron chi connectivity index (χ4n) is 5.18. The Morgan fingerprint density at radius 1 is 0.973 bits per heavy atom. The molecule has 4 rings (SSSR count). The predicted octanol–water partition coefficient (Wildman–Crippen LogP) is 6.82. The molecule has 0 bridgehead atoms. The monoisotopic (exact) mass is 563 g/mol. The second kappa shape index (κ2) is 13.1. The van der Waals surface area contributed by atoms with Gasteiger partial charge in [-0.25, -0.2) is 0 Å². The van der Waals surface area contributed by atoms with Gasteiger partial charge in [-0.15, -0.1) is 0 Å². The number of hydrogen-bond donors (Lipinski definition) is 0. The van der Waals surface area contributed by atoms with E-state index in [9.17, 15) is 9.59 Å². The van der Waals surface area contributed by atoms with Crippen LogP contribution in [0.2, 0.25) is 0 Å². The maximum atomic E-state index is 13.9. The van der Waals surface area contributed by atoms with E-state index in [1.165, 1.54) is 12.0 Å². The van der Waals surface area contributed by atoms with Crippen molar-refractivity contribution >= 4 is 27.7 Å². The lowest BCUT2D eigenvalue weighted by Gasteiger charge is -2.36. The number of aromatic nitrogens is 1. The second-order valence-corrected chi connectivity index (χ2v) is 11.1. The Bertz CT molecular complexity index is 1160. The van der Waals surface area contributed by atoms with Crippen molar-refractivity contribution in [2.45, 2.75) is 71.5 Å². The zero-order valence-electron chi connectivity index (χ0n) is 22.0. The number of rotatable bonds is 10. The molecule has 196 valence electrons. The first-order valence-corrected chi connectivity index (χ1v) is 14.3. The van der Waals surface area contributed by atoms with Gasteiger partial charge in [0, 0.05) is 41.1 Å². The molecule has 37 heavy (non-hydrogen) atoms. The summed E-state index contributed by atoms with van der Waals surface area (Å²) in [5, 5.41) is 0. The first kappa shape index (κ1) is 27.2. The van der Waals surface area contributed by atoms with Crippen LogP contribution in [0.1, 0.15) is 72.6 Å². The summed E-state index contributed by atoms with van der Waals surface area (Å²) in [5.41, 5.74) is 4.09. The van der Waals surface area contributed by atoms with Crippen LogP contribution in [0.5, 0.6) is 0 Å². The minimum atomic E-state index is -0.0718. The zero-order chi connectivity index (χ0) is 26.2. The van der Waals surface area contributed by atoms with Crippen molar-refractivity contribution in [3.8, 4) is 0 Å². The highest BCUT2D eigenvalue weighted by molar-refractivity contribution is 9.10. The van der Waals surface area contributed by atoms with E-state index in [1.54, 1.807) is 4.90 Å². The third-order valence-electron chi connectivity index (χ3n) is 7.26. The summed E-state index contributed by atoms with van der Waals surface area (Å²) in [4.78, 5) is 31.0. The smallest absolute Gasteiger partial charge is 0.254 e. The third kappa shape index (κ3) is 7.35. The first-order chi connectivity index (χ1) is 17.9. The topological polar surface area (TPSA) is 45.6 Å². The van der Waals surface area contributed by atoms with Crippen molar-refractivity contribution < 1.29 is 9.59 Å². The normalized spacial score (nSPS) is 13.9. The van der Waals surface area contributed by atoms with Gasteiger partial charge in [0.2, 0.25) is 5.91 Å². The van der Waals surface area contributed by atoms with Crippen LogP contribution < -0.4 is 0 Å². The van der Waals surface area contributed by atoms with Crippen molar-refractivity contribution in [1.29, 1.82) is 0 Å². The molecule has 0 unspecified atom stereocenters. The van der Waals surface area contributed by atoms with E-state index < -0.39 is 0 Å². The lowest BCUT2D eigenvalue weighted by atomic mass is 9.94. The highest BCUT2D eigenvalue weighted by atomic mass is 79.9. The van der Waals surface area contributed by atoms with E-state index in [0.29, 0.717) is 18.7 Å². The van der Waals surface area contributed by atoms with E-state index in [4.69, 9.17) is 0 Å². The van der Waals surface area contributed by atoms with Crippen LogP contribution in [-0.2, 0) is 17.9 Å². The Morgan fingerprint density at radius 3 is 2.35 bits per heavy atom. The van der Waals surface area contributed by atoms with Gasteiger partial charge < -0.3 is 14.4 Å². The molecule has 0 N–H and O–H groups in total. The fraction of sp³-hybridized carbons (Fsp3) is 0.419. The van der Waals surface area contributed by atoms with Crippen LogP contribution in [-0.4, -0.2) is 45.3 Å². The van der Waals surface area contributed by atoms with Crippen LogP contribution >= 0.6 is 15.9 Å². The van der Waals surface area contributed by atoms with Crippen LogP contribution in [0.3, 0.4) is 0 Å². The van der Waals surface area contributed by atoms with Crippen molar-refractivity contribution in [3.63, 3.8) is 0 Å². The highest BCUT2D eigenvalue weighted by Gasteiger charge is 2.29. The molecule has 1 aliphatic carbocycles. The number of hydrogen-bond acceptors (Lipinski definition) is 2. The van der Waals surface area contributed by atoms with Crippen LogP contribution in [0, 0.1) is 6.92 Å². The zero-order valence-corrected chi connectivity index (χ0v) is 23.6. The number of nitrogens with zero attached hydrogens (tertiary/aromatic N) is 3. The number of benzene rings is 2. The summed E-state index contributed by atoms with van der Waals surface area (Å²) in [6.07, 6.45) is 8.48. The second-order valence-electron chi connectivity index (χ2n) is 10.2. The van der Waals surface area contributed by atoms with Crippen LogP contribution in [0.4, 0.5) is 0 Å². The van der Waals surface area contributed by atoms with E-state index >= 15 is 0 Å². The van der Waals surface area contributed by atoms with Gasteiger partial charge in [-0.1, -0.05) is 71.9 Å². The van der Waals surface area contributed by atoms with Gasteiger partial charge in [-0.05, 0) is 68.1 Å². The minimum absolute atomic E-state index is 0.0391. The molecular weight excluding hydrogens is 526 g/mol. The Morgan fingerprint density at radius 2 is 1.68 bits per heavy atom. The Kier molecular flexibility index (Phi) is 9.62. The summed E-state index contributed by atoms with van der Waals surface area (Å²) < 4.78 is 3.29. The molecule has 3 aromatic rings. The van der Waals surface area contributed by atoms with E-state index in [0.717, 1.165) is 54.4 Å². The quantitative estimate of drug-likeness (QED) is 0.271. The van der Waals surface area contributed by atoms with Crippen molar-refractivity contribution in [1.82, 2.24) is 14.4 Å². The SMILES string of the molecule is CCCN(CC(=O)N(Cc1cccn1Cc1ccc(Br)cc1)C1CCCCC1)C(=O)c1ccc(C)cc1. The van der Waals surface area contributed by atoms with E-state index in [2.05, 4.69) is 68.0 Å². The Labute approximate surface area is 229 Å². The highest BCUT2D eigenvalue weighted by Crippen LogP contribution is 2.25. The minimum Gasteiger partial charge on any atom is -0.345 e. The average molecular weight is 565 g/mol. The molecule has 6 heteroatoms. The molecule has 0 radical (unpaired) electrons. The third-order valence-corrected chi connectivity index (χ3v) is 7.79. The number of carbonyl (C=O) groups is 2. The summed E-state index contributed by atoms with van der Waals surface area (Å²) in [7, 11) is 0. The average Bonchev–Trinajstić information content (AvgIpc) is 3.35. The van der Waals surface area contributed by atoms with Crippen molar-refractivity contribution in [2.24, 2.45) is 0 Å². The molecule has 0 atom stereocenters. The lowest BCUT2D eigenvalue weighted by Crippen LogP contribution is -2.47. The van der Waals surface area contributed by atoms with Crippen molar-refractivity contribution in [3.05, 3.63) is 93.7 Å².